The van der Waals surface area contributed by atoms with Gasteiger partial charge in [0.2, 0.25) is 5.91 Å². The van der Waals surface area contributed by atoms with Gasteiger partial charge in [0.1, 0.15) is 0 Å². The Bertz CT molecular complexity index is 343. The molecule has 0 spiro atoms. The fourth-order valence-corrected chi connectivity index (χ4v) is 2.21. The van der Waals surface area contributed by atoms with Crippen LogP contribution in [-0.4, -0.2) is 29.1 Å². The Balaban J connectivity index is 2.36. The molecule has 5 heteroatoms. The molecule has 0 bridgehead atoms. The second kappa shape index (κ2) is 5.90. The average molecular weight is 270 g/mol. The molecule has 0 aromatic carbocycles. The maximum absolute atomic E-state index is 11.7. The van der Waals surface area contributed by atoms with E-state index in [4.69, 9.17) is 10.8 Å². The van der Waals surface area contributed by atoms with Gasteiger partial charge in [-0.1, -0.05) is 20.8 Å². The van der Waals surface area contributed by atoms with Crippen molar-refractivity contribution in [3.8, 4) is 0 Å². The van der Waals surface area contributed by atoms with Gasteiger partial charge < -0.3 is 16.2 Å². The fourth-order valence-electron chi connectivity index (χ4n) is 2.21. The van der Waals surface area contributed by atoms with E-state index in [9.17, 15) is 9.59 Å². The lowest BCUT2D eigenvalue weighted by molar-refractivity contribution is -0.137. The second-order valence-electron chi connectivity index (χ2n) is 6.70. The Labute approximate surface area is 114 Å². The Morgan fingerprint density at radius 3 is 2.32 bits per heavy atom. The van der Waals surface area contributed by atoms with Crippen molar-refractivity contribution >= 4 is 11.9 Å². The highest BCUT2D eigenvalue weighted by Gasteiger charge is 2.45. The minimum atomic E-state index is -0.767. The SMILES string of the molecule is CC(C)(C)C(CCNC(=O)C1(N)CC1)CCC(=O)O. The number of carbonyl (C=O) groups is 2. The highest BCUT2D eigenvalue weighted by molar-refractivity contribution is 5.88. The minimum Gasteiger partial charge on any atom is -0.481 e. The van der Waals surface area contributed by atoms with E-state index in [2.05, 4.69) is 26.1 Å². The van der Waals surface area contributed by atoms with Gasteiger partial charge in [0.15, 0.2) is 0 Å². The van der Waals surface area contributed by atoms with E-state index in [-0.39, 0.29) is 23.7 Å². The number of nitrogens with one attached hydrogen (secondary N) is 1. The van der Waals surface area contributed by atoms with Crippen LogP contribution >= 0.6 is 0 Å². The van der Waals surface area contributed by atoms with E-state index in [1.165, 1.54) is 0 Å². The quantitative estimate of drug-likeness (QED) is 0.654. The second-order valence-corrected chi connectivity index (χ2v) is 6.70. The van der Waals surface area contributed by atoms with E-state index in [0.29, 0.717) is 13.0 Å². The number of aliphatic carboxylic acids is 1. The summed E-state index contributed by atoms with van der Waals surface area (Å²) in [5, 5.41) is 11.6. The summed E-state index contributed by atoms with van der Waals surface area (Å²) in [5.74, 6) is -0.563. The van der Waals surface area contributed by atoms with Crippen molar-refractivity contribution in [2.24, 2.45) is 17.1 Å². The number of nitrogens with two attached hydrogens (primary N) is 1. The molecule has 4 N–H and O–H groups in total. The van der Waals surface area contributed by atoms with Gasteiger partial charge in [-0.05, 0) is 37.0 Å². The van der Waals surface area contributed by atoms with Crippen LogP contribution in [0.15, 0.2) is 0 Å². The normalized spacial score (nSPS) is 18.7. The average Bonchev–Trinajstić information content (AvgIpc) is 3.00. The molecule has 0 aromatic heterocycles. The molecule has 1 saturated carbocycles. The molecule has 110 valence electrons. The van der Waals surface area contributed by atoms with Crippen molar-refractivity contribution in [1.29, 1.82) is 0 Å². The first-order valence-corrected chi connectivity index (χ1v) is 6.94. The number of hydrogen-bond acceptors (Lipinski definition) is 3. The van der Waals surface area contributed by atoms with Gasteiger partial charge in [-0.2, -0.15) is 0 Å². The van der Waals surface area contributed by atoms with E-state index in [1.54, 1.807) is 0 Å². The number of hydrogen-bond donors (Lipinski definition) is 3. The lowest BCUT2D eigenvalue weighted by Gasteiger charge is -2.30. The third-order valence-electron chi connectivity index (χ3n) is 3.95. The molecule has 0 heterocycles. The summed E-state index contributed by atoms with van der Waals surface area (Å²) in [5.41, 5.74) is 5.22. The Hall–Kier alpha value is -1.10. The van der Waals surface area contributed by atoms with Crippen LogP contribution in [0.3, 0.4) is 0 Å². The number of carbonyl (C=O) groups excluding carboxylic acids is 1. The zero-order chi connectivity index (χ0) is 14.7. The lowest BCUT2D eigenvalue weighted by atomic mass is 9.76. The third kappa shape index (κ3) is 5.19. The predicted octanol–water partition coefficient (Wildman–Crippen LogP) is 1.51. The first kappa shape index (κ1) is 16.0. The van der Waals surface area contributed by atoms with Crippen LogP contribution in [-0.2, 0) is 9.59 Å². The van der Waals surface area contributed by atoms with Crippen LogP contribution in [0, 0.1) is 11.3 Å². The molecule has 5 nitrogen and oxygen atoms in total. The molecule has 0 radical (unpaired) electrons. The van der Waals surface area contributed by atoms with Crippen LogP contribution in [0.1, 0.15) is 52.9 Å². The number of rotatable bonds is 7. The molecule has 19 heavy (non-hydrogen) atoms. The molecule has 1 aliphatic carbocycles. The Morgan fingerprint density at radius 2 is 1.89 bits per heavy atom. The smallest absolute Gasteiger partial charge is 0.303 e. The molecule has 1 amide bonds. The largest absolute Gasteiger partial charge is 0.481 e. The molecule has 0 aromatic rings. The lowest BCUT2D eigenvalue weighted by Crippen LogP contribution is -2.43. The Kier molecular flexibility index (Phi) is 4.96. The number of amides is 1. The van der Waals surface area contributed by atoms with Gasteiger partial charge in [0.05, 0.1) is 5.54 Å². The number of carboxylic acids is 1. The van der Waals surface area contributed by atoms with Gasteiger partial charge in [-0.25, -0.2) is 0 Å². The summed E-state index contributed by atoms with van der Waals surface area (Å²) in [4.78, 5) is 22.4. The standard InChI is InChI=1S/C14H26N2O3/c1-13(2,3)10(4-5-11(17)18)6-9-16-12(19)14(15)7-8-14/h10H,4-9,15H2,1-3H3,(H,16,19)(H,17,18). The molecule has 1 aliphatic rings. The summed E-state index contributed by atoms with van der Waals surface area (Å²) < 4.78 is 0. The van der Waals surface area contributed by atoms with Gasteiger partial charge in [-0.3, -0.25) is 9.59 Å². The van der Waals surface area contributed by atoms with Crippen molar-refractivity contribution in [3.05, 3.63) is 0 Å². The molecule has 1 rings (SSSR count). The van der Waals surface area contributed by atoms with Crippen LogP contribution in [0.4, 0.5) is 0 Å². The molecule has 0 aliphatic heterocycles. The first-order valence-electron chi connectivity index (χ1n) is 6.94. The monoisotopic (exact) mass is 270 g/mol. The highest BCUT2D eigenvalue weighted by Crippen LogP contribution is 2.33. The molecule has 1 unspecified atom stereocenters. The molecular formula is C14H26N2O3. The van der Waals surface area contributed by atoms with Crippen LogP contribution in [0.5, 0.6) is 0 Å². The maximum Gasteiger partial charge on any atom is 0.303 e. The zero-order valence-corrected chi connectivity index (χ0v) is 12.2. The van der Waals surface area contributed by atoms with Crippen molar-refractivity contribution in [2.75, 3.05) is 6.54 Å². The van der Waals surface area contributed by atoms with E-state index in [1.807, 2.05) is 0 Å². The van der Waals surface area contributed by atoms with Gasteiger partial charge in [0, 0.05) is 13.0 Å². The van der Waals surface area contributed by atoms with Crippen LogP contribution in [0.2, 0.25) is 0 Å². The first-order chi connectivity index (χ1) is 8.65. The maximum atomic E-state index is 11.7. The summed E-state index contributed by atoms with van der Waals surface area (Å²) in [6.45, 7) is 6.88. The van der Waals surface area contributed by atoms with Crippen molar-refractivity contribution in [3.63, 3.8) is 0 Å². The predicted molar refractivity (Wildman–Crippen MR) is 73.6 cm³/mol. The molecule has 1 atom stereocenters. The summed E-state index contributed by atoms with van der Waals surface area (Å²) in [6.07, 6.45) is 3.14. The minimum absolute atomic E-state index is 0.0418. The van der Waals surface area contributed by atoms with Gasteiger partial charge in [0.25, 0.3) is 0 Å². The van der Waals surface area contributed by atoms with Crippen molar-refractivity contribution < 1.29 is 14.7 Å². The summed E-state index contributed by atoms with van der Waals surface area (Å²) in [6, 6.07) is 0. The van der Waals surface area contributed by atoms with Gasteiger partial charge >= 0.3 is 5.97 Å². The van der Waals surface area contributed by atoms with Crippen molar-refractivity contribution in [1.82, 2.24) is 5.32 Å². The molecule has 1 fully saturated rings. The van der Waals surface area contributed by atoms with Crippen molar-refractivity contribution in [2.45, 2.75) is 58.4 Å². The fraction of sp³-hybridized carbons (Fsp3) is 0.857. The topological polar surface area (TPSA) is 92.4 Å². The molecule has 0 saturated heterocycles. The van der Waals surface area contributed by atoms with E-state index in [0.717, 1.165) is 19.3 Å². The third-order valence-corrected chi connectivity index (χ3v) is 3.95. The van der Waals surface area contributed by atoms with Crippen LogP contribution in [0.25, 0.3) is 0 Å². The number of carboxylic acid groups (broad SMARTS) is 1. The zero-order valence-electron chi connectivity index (χ0n) is 12.2. The van der Waals surface area contributed by atoms with E-state index >= 15 is 0 Å². The summed E-state index contributed by atoms with van der Waals surface area (Å²) >= 11 is 0. The Morgan fingerprint density at radius 1 is 1.32 bits per heavy atom. The highest BCUT2D eigenvalue weighted by atomic mass is 16.4. The van der Waals surface area contributed by atoms with Crippen LogP contribution < -0.4 is 11.1 Å². The summed E-state index contributed by atoms with van der Waals surface area (Å²) in [7, 11) is 0. The molecular weight excluding hydrogens is 244 g/mol. The van der Waals surface area contributed by atoms with E-state index < -0.39 is 11.5 Å². The van der Waals surface area contributed by atoms with Gasteiger partial charge in [-0.15, -0.1) is 0 Å².